The van der Waals surface area contributed by atoms with Crippen molar-refractivity contribution in [3.05, 3.63) is 77.9 Å². The SMILES string of the molecule is CCn1c(-c2cccc(NC(=O)Nc3cccc(C)c3)c2)c(C#N)c2ccc(OC)cc21. The molecule has 0 aliphatic rings. The van der Waals surface area contributed by atoms with Crippen LogP contribution >= 0.6 is 0 Å². The van der Waals surface area contributed by atoms with Gasteiger partial charge in [-0.05, 0) is 55.8 Å². The van der Waals surface area contributed by atoms with Gasteiger partial charge in [-0.15, -0.1) is 0 Å². The van der Waals surface area contributed by atoms with Gasteiger partial charge < -0.3 is 19.9 Å². The Hall–Kier alpha value is -4.24. The lowest BCUT2D eigenvalue weighted by Crippen LogP contribution is -2.19. The van der Waals surface area contributed by atoms with Crippen LogP contribution < -0.4 is 15.4 Å². The number of amides is 2. The van der Waals surface area contributed by atoms with Crippen molar-refractivity contribution in [3.8, 4) is 23.1 Å². The Labute approximate surface area is 187 Å². The van der Waals surface area contributed by atoms with Crippen LogP contribution in [0, 0.1) is 18.3 Å². The predicted molar refractivity (Wildman–Crippen MR) is 128 cm³/mol. The van der Waals surface area contributed by atoms with Gasteiger partial charge in [-0.2, -0.15) is 5.26 Å². The first kappa shape index (κ1) is 21.0. The molecule has 0 spiro atoms. The Morgan fingerprint density at radius 1 is 1.03 bits per heavy atom. The number of rotatable bonds is 5. The number of carbonyl (C=O) groups excluding carboxylic acids is 1. The molecule has 0 atom stereocenters. The molecule has 6 nitrogen and oxygen atoms in total. The van der Waals surface area contributed by atoms with Gasteiger partial charge in [0.1, 0.15) is 11.8 Å². The number of nitrogens with zero attached hydrogens (tertiary/aromatic N) is 2. The van der Waals surface area contributed by atoms with Crippen molar-refractivity contribution in [3.63, 3.8) is 0 Å². The smallest absolute Gasteiger partial charge is 0.323 e. The molecule has 6 heteroatoms. The molecule has 4 aromatic rings. The summed E-state index contributed by atoms with van der Waals surface area (Å²) in [7, 11) is 1.63. The average Bonchev–Trinajstić information content (AvgIpc) is 3.11. The van der Waals surface area contributed by atoms with Crippen LogP contribution in [0.3, 0.4) is 0 Å². The standard InChI is InChI=1S/C26H24N4O2/c1-4-30-24-15-21(32-3)11-12-22(24)23(16-27)25(30)18-8-6-10-20(14-18)29-26(31)28-19-9-5-7-17(2)13-19/h5-15H,4H2,1-3H3,(H2,28,29,31). The van der Waals surface area contributed by atoms with Crippen molar-refractivity contribution in [1.29, 1.82) is 5.26 Å². The van der Waals surface area contributed by atoms with E-state index in [1.165, 1.54) is 0 Å². The maximum atomic E-state index is 12.5. The van der Waals surface area contributed by atoms with E-state index < -0.39 is 0 Å². The third-order valence-electron chi connectivity index (χ3n) is 5.37. The lowest BCUT2D eigenvalue weighted by atomic mass is 10.1. The number of carbonyl (C=O) groups is 1. The molecule has 1 heterocycles. The van der Waals surface area contributed by atoms with Gasteiger partial charge in [-0.3, -0.25) is 0 Å². The van der Waals surface area contributed by atoms with E-state index >= 15 is 0 Å². The zero-order valence-electron chi connectivity index (χ0n) is 18.3. The molecule has 2 N–H and O–H groups in total. The van der Waals surface area contributed by atoms with Crippen LogP contribution in [0.15, 0.2) is 66.7 Å². The summed E-state index contributed by atoms with van der Waals surface area (Å²) in [5.74, 6) is 0.740. The van der Waals surface area contributed by atoms with Crippen molar-refractivity contribution < 1.29 is 9.53 Å². The molecule has 0 unspecified atom stereocenters. The predicted octanol–water partition coefficient (Wildman–Crippen LogP) is 6.16. The molecule has 3 aromatic carbocycles. The number of aryl methyl sites for hydroxylation is 2. The van der Waals surface area contributed by atoms with E-state index in [1.54, 1.807) is 7.11 Å². The van der Waals surface area contributed by atoms with Crippen LogP contribution in [0.2, 0.25) is 0 Å². The Balaban J connectivity index is 1.70. The summed E-state index contributed by atoms with van der Waals surface area (Å²) in [6, 6.07) is 22.9. The number of ether oxygens (including phenoxy) is 1. The van der Waals surface area contributed by atoms with Gasteiger partial charge in [0.25, 0.3) is 0 Å². The van der Waals surface area contributed by atoms with Gasteiger partial charge in [0.15, 0.2) is 0 Å². The fourth-order valence-electron chi connectivity index (χ4n) is 3.96. The number of aromatic nitrogens is 1. The summed E-state index contributed by atoms with van der Waals surface area (Å²) in [5.41, 5.74) is 5.65. The molecule has 0 radical (unpaired) electrons. The van der Waals surface area contributed by atoms with Crippen LogP contribution in [0.1, 0.15) is 18.1 Å². The van der Waals surface area contributed by atoms with Gasteiger partial charge >= 0.3 is 6.03 Å². The van der Waals surface area contributed by atoms with Crippen molar-refractivity contribution >= 4 is 28.3 Å². The molecule has 1 aromatic heterocycles. The summed E-state index contributed by atoms with van der Waals surface area (Å²) < 4.78 is 7.48. The van der Waals surface area contributed by atoms with Crippen LogP contribution in [-0.4, -0.2) is 17.7 Å². The number of methoxy groups -OCH3 is 1. The number of fused-ring (bicyclic) bond motifs is 1. The molecular formula is C26H24N4O2. The van der Waals surface area contributed by atoms with Crippen LogP contribution in [-0.2, 0) is 6.54 Å². The highest BCUT2D eigenvalue weighted by Gasteiger charge is 2.19. The highest BCUT2D eigenvalue weighted by Crippen LogP contribution is 2.36. The Morgan fingerprint density at radius 2 is 1.75 bits per heavy atom. The highest BCUT2D eigenvalue weighted by molar-refractivity contribution is 6.01. The second-order valence-electron chi connectivity index (χ2n) is 7.49. The first-order valence-corrected chi connectivity index (χ1v) is 10.4. The van der Waals surface area contributed by atoms with Gasteiger partial charge in [0, 0.05) is 34.9 Å². The second kappa shape index (κ2) is 8.86. The number of urea groups is 1. The maximum absolute atomic E-state index is 12.5. The zero-order valence-corrected chi connectivity index (χ0v) is 18.3. The minimum Gasteiger partial charge on any atom is -0.497 e. The summed E-state index contributed by atoms with van der Waals surface area (Å²) in [4.78, 5) is 12.5. The Kier molecular flexibility index (Phi) is 5.82. The Morgan fingerprint density at radius 3 is 2.41 bits per heavy atom. The number of benzene rings is 3. The van der Waals surface area contributed by atoms with Crippen LogP contribution in [0.5, 0.6) is 5.75 Å². The summed E-state index contributed by atoms with van der Waals surface area (Å²) in [6.07, 6.45) is 0. The van der Waals surface area contributed by atoms with E-state index in [-0.39, 0.29) is 6.03 Å². The average molecular weight is 425 g/mol. The van der Waals surface area contributed by atoms with Gasteiger partial charge in [0.2, 0.25) is 0 Å². The quantitative estimate of drug-likeness (QED) is 0.403. The third kappa shape index (κ3) is 4.01. The number of nitriles is 1. The van der Waals surface area contributed by atoms with Gasteiger partial charge in [-0.25, -0.2) is 4.79 Å². The largest absolute Gasteiger partial charge is 0.497 e. The highest BCUT2D eigenvalue weighted by atomic mass is 16.5. The number of hydrogen-bond donors (Lipinski definition) is 2. The topological polar surface area (TPSA) is 79.1 Å². The molecule has 4 rings (SSSR count). The first-order valence-electron chi connectivity index (χ1n) is 10.4. The molecular weight excluding hydrogens is 400 g/mol. The second-order valence-corrected chi connectivity index (χ2v) is 7.49. The fraction of sp³-hybridized carbons (Fsp3) is 0.154. The minimum absolute atomic E-state index is 0.325. The van der Waals surface area contributed by atoms with Crippen molar-refractivity contribution in [2.75, 3.05) is 17.7 Å². The molecule has 0 aliphatic heterocycles. The number of nitrogens with one attached hydrogen (secondary N) is 2. The lowest BCUT2D eigenvalue weighted by molar-refractivity contribution is 0.262. The Bertz CT molecular complexity index is 1350. The number of anilines is 2. The first-order chi connectivity index (χ1) is 15.5. The van der Waals surface area contributed by atoms with Gasteiger partial charge in [-0.1, -0.05) is 24.3 Å². The maximum Gasteiger partial charge on any atom is 0.323 e. The summed E-state index contributed by atoms with van der Waals surface area (Å²) in [6.45, 7) is 4.70. The zero-order chi connectivity index (χ0) is 22.7. The normalized spacial score (nSPS) is 10.6. The molecule has 0 saturated carbocycles. The van der Waals surface area contributed by atoms with E-state index in [2.05, 4.69) is 21.3 Å². The van der Waals surface area contributed by atoms with Gasteiger partial charge in [0.05, 0.1) is 23.9 Å². The van der Waals surface area contributed by atoms with Crippen molar-refractivity contribution in [2.24, 2.45) is 0 Å². The van der Waals surface area contributed by atoms with Crippen molar-refractivity contribution in [2.45, 2.75) is 20.4 Å². The fourth-order valence-corrected chi connectivity index (χ4v) is 3.96. The lowest BCUT2D eigenvalue weighted by Gasteiger charge is -2.12. The summed E-state index contributed by atoms with van der Waals surface area (Å²) >= 11 is 0. The van der Waals surface area contributed by atoms with E-state index in [4.69, 9.17) is 4.74 Å². The summed E-state index contributed by atoms with van der Waals surface area (Å²) in [5, 5.41) is 16.5. The van der Waals surface area contributed by atoms with E-state index in [0.29, 0.717) is 17.8 Å². The molecule has 0 saturated heterocycles. The third-order valence-corrected chi connectivity index (χ3v) is 5.37. The molecule has 32 heavy (non-hydrogen) atoms. The molecule has 2 amide bonds. The van der Waals surface area contributed by atoms with Crippen LogP contribution in [0.25, 0.3) is 22.2 Å². The number of hydrogen-bond acceptors (Lipinski definition) is 3. The van der Waals surface area contributed by atoms with E-state index in [0.717, 1.165) is 39.2 Å². The molecule has 0 aliphatic carbocycles. The molecule has 0 bridgehead atoms. The van der Waals surface area contributed by atoms with Crippen LogP contribution in [0.4, 0.5) is 16.2 Å². The minimum atomic E-state index is -0.325. The molecule has 0 fully saturated rings. The van der Waals surface area contributed by atoms with E-state index in [9.17, 15) is 10.1 Å². The van der Waals surface area contributed by atoms with Crippen molar-refractivity contribution in [1.82, 2.24) is 4.57 Å². The molecule has 160 valence electrons. The van der Waals surface area contributed by atoms with E-state index in [1.807, 2.05) is 80.6 Å². The monoisotopic (exact) mass is 424 g/mol.